The lowest BCUT2D eigenvalue weighted by Gasteiger charge is -2.28. The van der Waals surface area contributed by atoms with Gasteiger partial charge >= 0.3 is 0 Å². The van der Waals surface area contributed by atoms with Crippen molar-refractivity contribution in [2.24, 2.45) is 0 Å². The van der Waals surface area contributed by atoms with Crippen molar-refractivity contribution in [3.05, 3.63) is 42.4 Å². The third kappa shape index (κ3) is 1.45. The van der Waals surface area contributed by atoms with Crippen molar-refractivity contribution in [2.45, 2.75) is 20.0 Å². The van der Waals surface area contributed by atoms with Gasteiger partial charge in [0.15, 0.2) is 5.82 Å². The van der Waals surface area contributed by atoms with Crippen LogP contribution >= 0.6 is 0 Å². The highest BCUT2D eigenvalue weighted by Gasteiger charge is 2.33. The van der Waals surface area contributed by atoms with Gasteiger partial charge in [0.25, 0.3) is 0 Å². The Hall–Kier alpha value is -2.10. The molecule has 0 bridgehead atoms. The first-order chi connectivity index (χ1) is 8.70. The van der Waals surface area contributed by atoms with Crippen molar-refractivity contribution in [3.8, 4) is 0 Å². The molecule has 1 aliphatic rings. The predicted octanol–water partition coefficient (Wildman–Crippen LogP) is 2.72. The van der Waals surface area contributed by atoms with E-state index in [-0.39, 0.29) is 6.17 Å². The normalized spacial score (nSPS) is 18.1. The molecule has 92 valence electrons. The van der Waals surface area contributed by atoms with Gasteiger partial charge in [0, 0.05) is 12.7 Å². The van der Waals surface area contributed by atoms with Crippen molar-refractivity contribution < 1.29 is 0 Å². The van der Waals surface area contributed by atoms with Crippen LogP contribution in [-0.2, 0) is 0 Å². The second kappa shape index (κ2) is 3.98. The van der Waals surface area contributed by atoms with Crippen molar-refractivity contribution in [3.63, 3.8) is 0 Å². The molecule has 0 spiro atoms. The average molecular weight is 240 g/mol. The molecule has 1 unspecified atom stereocenters. The average Bonchev–Trinajstić information content (AvgIpc) is 2.64. The zero-order valence-corrected chi connectivity index (χ0v) is 10.8. The largest absolute Gasteiger partial charge is 0.337 e. The molecule has 0 radical (unpaired) electrons. The number of fused-ring (bicyclic) bond motifs is 1. The third-order valence-corrected chi connectivity index (χ3v) is 3.58. The van der Waals surface area contributed by atoms with Crippen LogP contribution in [0.3, 0.4) is 0 Å². The zero-order chi connectivity index (χ0) is 12.7. The maximum Gasteiger partial charge on any atom is 0.157 e. The number of benzene rings is 1. The van der Waals surface area contributed by atoms with E-state index in [4.69, 9.17) is 0 Å². The molecule has 0 saturated heterocycles. The summed E-state index contributed by atoms with van der Waals surface area (Å²) in [5.74, 6) is 0.987. The van der Waals surface area contributed by atoms with Crippen LogP contribution in [0, 0.1) is 6.92 Å². The first-order valence-electron chi connectivity index (χ1n) is 6.08. The van der Waals surface area contributed by atoms with Crippen LogP contribution < -0.4 is 9.80 Å². The summed E-state index contributed by atoms with van der Waals surface area (Å²) in [6.07, 6.45) is 3.73. The SMILES string of the molecule is Cc1ccccc1N1c2cncnc2N(C)C1C. The van der Waals surface area contributed by atoms with Crippen molar-refractivity contribution in [2.75, 3.05) is 16.8 Å². The number of aryl methyl sites for hydroxylation is 1. The Kier molecular flexibility index (Phi) is 2.44. The fourth-order valence-corrected chi connectivity index (χ4v) is 2.47. The summed E-state index contributed by atoms with van der Waals surface area (Å²) in [7, 11) is 2.06. The van der Waals surface area contributed by atoms with Crippen molar-refractivity contribution >= 4 is 17.2 Å². The Balaban J connectivity index is 2.16. The molecular weight excluding hydrogens is 224 g/mol. The number of rotatable bonds is 1. The molecule has 0 aliphatic carbocycles. The van der Waals surface area contributed by atoms with Gasteiger partial charge in [-0.05, 0) is 25.5 Å². The summed E-state index contributed by atoms with van der Waals surface area (Å²) < 4.78 is 0. The summed E-state index contributed by atoms with van der Waals surface area (Å²) in [6.45, 7) is 4.30. The first-order valence-corrected chi connectivity index (χ1v) is 6.08. The molecule has 4 nitrogen and oxygen atoms in total. The maximum absolute atomic E-state index is 4.37. The molecule has 2 aromatic rings. The molecule has 1 atom stereocenters. The summed E-state index contributed by atoms with van der Waals surface area (Å²) in [5, 5.41) is 0. The van der Waals surface area contributed by atoms with Gasteiger partial charge in [-0.2, -0.15) is 0 Å². The quantitative estimate of drug-likeness (QED) is 0.767. The number of hydrogen-bond donors (Lipinski definition) is 0. The lowest BCUT2D eigenvalue weighted by Crippen LogP contribution is -2.36. The maximum atomic E-state index is 4.37. The Morgan fingerprint density at radius 2 is 1.94 bits per heavy atom. The zero-order valence-electron chi connectivity index (χ0n) is 10.8. The minimum Gasteiger partial charge on any atom is -0.337 e. The van der Waals surface area contributed by atoms with Gasteiger partial charge in [-0.1, -0.05) is 18.2 Å². The molecule has 1 aromatic heterocycles. The van der Waals surface area contributed by atoms with Gasteiger partial charge in [-0.25, -0.2) is 9.97 Å². The predicted molar refractivity (Wildman–Crippen MR) is 73.2 cm³/mol. The number of nitrogens with zero attached hydrogens (tertiary/aromatic N) is 4. The molecule has 0 saturated carbocycles. The van der Waals surface area contributed by atoms with E-state index in [2.05, 4.69) is 64.9 Å². The smallest absolute Gasteiger partial charge is 0.157 e. The van der Waals surface area contributed by atoms with Crippen LogP contribution in [0.15, 0.2) is 36.8 Å². The van der Waals surface area contributed by atoms with Gasteiger partial charge in [0.2, 0.25) is 0 Å². The summed E-state index contributed by atoms with van der Waals surface area (Å²) in [5.41, 5.74) is 3.54. The molecule has 18 heavy (non-hydrogen) atoms. The molecule has 3 rings (SSSR count). The number of anilines is 3. The summed E-state index contributed by atoms with van der Waals surface area (Å²) in [6, 6.07) is 8.40. The van der Waals surface area contributed by atoms with Crippen LogP contribution in [0.4, 0.5) is 17.2 Å². The molecule has 1 aliphatic heterocycles. The lowest BCUT2D eigenvalue weighted by molar-refractivity contribution is 0.728. The van der Waals surface area contributed by atoms with E-state index in [9.17, 15) is 0 Å². The highest BCUT2D eigenvalue weighted by Crippen LogP contribution is 2.41. The van der Waals surface area contributed by atoms with Crippen LogP contribution in [0.5, 0.6) is 0 Å². The molecule has 4 heteroatoms. The van der Waals surface area contributed by atoms with Crippen LogP contribution in [0.2, 0.25) is 0 Å². The number of hydrogen-bond acceptors (Lipinski definition) is 4. The van der Waals surface area contributed by atoms with Crippen molar-refractivity contribution in [1.29, 1.82) is 0 Å². The summed E-state index contributed by atoms with van der Waals surface area (Å²) in [4.78, 5) is 13.0. The molecule has 1 aromatic carbocycles. The van der Waals surface area contributed by atoms with E-state index in [1.807, 2.05) is 6.20 Å². The van der Waals surface area contributed by atoms with E-state index in [1.165, 1.54) is 11.3 Å². The molecular formula is C14H16N4. The van der Waals surface area contributed by atoms with E-state index in [0.717, 1.165) is 11.5 Å². The monoisotopic (exact) mass is 240 g/mol. The lowest BCUT2D eigenvalue weighted by atomic mass is 10.1. The topological polar surface area (TPSA) is 32.3 Å². The van der Waals surface area contributed by atoms with E-state index in [0.29, 0.717) is 0 Å². The minimum absolute atomic E-state index is 0.248. The van der Waals surface area contributed by atoms with Gasteiger partial charge < -0.3 is 9.80 Å². The van der Waals surface area contributed by atoms with Gasteiger partial charge in [-0.15, -0.1) is 0 Å². The molecule has 0 fully saturated rings. The van der Waals surface area contributed by atoms with Gasteiger partial charge in [-0.3, -0.25) is 0 Å². The first kappa shape index (κ1) is 11.0. The third-order valence-electron chi connectivity index (χ3n) is 3.58. The molecule has 2 heterocycles. The van der Waals surface area contributed by atoms with E-state index in [1.54, 1.807) is 6.33 Å². The van der Waals surface area contributed by atoms with E-state index < -0.39 is 0 Å². The number of para-hydroxylation sites is 1. The van der Waals surface area contributed by atoms with Gasteiger partial charge in [0.05, 0.1) is 6.20 Å². The Labute approximate surface area is 107 Å². The Bertz CT molecular complexity index is 582. The fourth-order valence-electron chi connectivity index (χ4n) is 2.47. The second-order valence-corrected chi connectivity index (χ2v) is 4.63. The standard InChI is InChI=1S/C14H16N4/c1-10-6-4-5-7-12(10)18-11(2)17(3)14-13(18)8-15-9-16-14/h4-9,11H,1-3H3. The Morgan fingerprint density at radius 1 is 1.17 bits per heavy atom. The van der Waals surface area contributed by atoms with Gasteiger partial charge in [0.1, 0.15) is 18.2 Å². The highest BCUT2D eigenvalue weighted by molar-refractivity contribution is 5.80. The summed E-state index contributed by atoms with van der Waals surface area (Å²) >= 11 is 0. The minimum atomic E-state index is 0.248. The van der Waals surface area contributed by atoms with E-state index >= 15 is 0 Å². The van der Waals surface area contributed by atoms with Crippen LogP contribution in [0.1, 0.15) is 12.5 Å². The molecule has 0 N–H and O–H groups in total. The van der Waals surface area contributed by atoms with Crippen LogP contribution in [0.25, 0.3) is 0 Å². The fraction of sp³-hybridized carbons (Fsp3) is 0.286. The number of aromatic nitrogens is 2. The van der Waals surface area contributed by atoms with Crippen molar-refractivity contribution in [1.82, 2.24) is 9.97 Å². The highest BCUT2D eigenvalue weighted by atomic mass is 15.4. The Morgan fingerprint density at radius 3 is 2.72 bits per heavy atom. The van der Waals surface area contributed by atoms with Crippen LogP contribution in [-0.4, -0.2) is 23.2 Å². The molecule has 0 amide bonds. The second-order valence-electron chi connectivity index (χ2n) is 4.63.